The molecule has 1 aliphatic rings. The number of anilines is 1. The minimum Gasteiger partial charge on any atom is -0.354 e. The predicted octanol–water partition coefficient (Wildman–Crippen LogP) is 1.88. The topological polar surface area (TPSA) is 91.4 Å². The predicted molar refractivity (Wildman–Crippen MR) is 101 cm³/mol. The minimum atomic E-state index is -0.695. The highest BCUT2D eigenvalue weighted by molar-refractivity contribution is 7.18. The van der Waals surface area contributed by atoms with Crippen LogP contribution in [0.1, 0.15) is 32.2 Å². The Morgan fingerprint density at radius 3 is 2.77 bits per heavy atom. The number of thiazole rings is 1. The molecule has 138 valence electrons. The van der Waals surface area contributed by atoms with Crippen LogP contribution in [0.2, 0.25) is 0 Å². The standard InChI is InChI=1S/C18H22N4O3S/c1-18(2,3)17-21-12-5-4-11(10-13(12)26-17)20-15(24)16(25)22-8-6-14(23)19-7-9-22/h4-5,10H,6-9H2,1-3H3,(H,19,23)(H,20,24). The molecule has 0 atom stereocenters. The molecule has 1 aromatic carbocycles. The fourth-order valence-electron chi connectivity index (χ4n) is 2.62. The number of nitrogens with zero attached hydrogens (tertiary/aromatic N) is 2. The van der Waals surface area contributed by atoms with Gasteiger partial charge in [-0.2, -0.15) is 0 Å². The summed E-state index contributed by atoms with van der Waals surface area (Å²) in [5, 5.41) is 6.36. The van der Waals surface area contributed by atoms with Crippen LogP contribution >= 0.6 is 11.3 Å². The molecule has 1 aliphatic heterocycles. The van der Waals surface area contributed by atoms with Crippen molar-refractivity contribution in [2.75, 3.05) is 25.0 Å². The normalized spacial score (nSPS) is 15.5. The summed E-state index contributed by atoms with van der Waals surface area (Å²) in [6, 6.07) is 5.42. The van der Waals surface area contributed by atoms with E-state index in [0.29, 0.717) is 18.8 Å². The maximum atomic E-state index is 12.3. The molecule has 1 saturated heterocycles. The zero-order chi connectivity index (χ0) is 18.9. The van der Waals surface area contributed by atoms with Gasteiger partial charge in [0.05, 0.1) is 15.2 Å². The van der Waals surface area contributed by atoms with Gasteiger partial charge in [-0.25, -0.2) is 4.98 Å². The van der Waals surface area contributed by atoms with Crippen LogP contribution in [0.3, 0.4) is 0 Å². The fourth-order valence-corrected chi connectivity index (χ4v) is 3.68. The van der Waals surface area contributed by atoms with E-state index in [9.17, 15) is 14.4 Å². The van der Waals surface area contributed by atoms with E-state index in [2.05, 4.69) is 36.4 Å². The number of carbonyl (C=O) groups is 3. The van der Waals surface area contributed by atoms with Crippen molar-refractivity contribution in [2.24, 2.45) is 0 Å². The van der Waals surface area contributed by atoms with Crippen LogP contribution in [0.25, 0.3) is 10.2 Å². The molecule has 0 bridgehead atoms. The molecule has 0 spiro atoms. The van der Waals surface area contributed by atoms with Crippen LogP contribution in [0.15, 0.2) is 18.2 Å². The largest absolute Gasteiger partial charge is 0.354 e. The highest BCUT2D eigenvalue weighted by atomic mass is 32.1. The van der Waals surface area contributed by atoms with E-state index in [1.807, 2.05) is 12.1 Å². The lowest BCUT2D eigenvalue weighted by atomic mass is 9.98. The summed E-state index contributed by atoms with van der Waals surface area (Å²) >= 11 is 1.58. The van der Waals surface area contributed by atoms with Gasteiger partial charge in [0.15, 0.2) is 0 Å². The van der Waals surface area contributed by atoms with Gasteiger partial charge in [0.25, 0.3) is 0 Å². The minimum absolute atomic E-state index is 0.0404. The summed E-state index contributed by atoms with van der Waals surface area (Å²) in [6.45, 7) is 7.26. The van der Waals surface area contributed by atoms with Gasteiger partial charge in [-0.1, -0.05) is 20.8 Å². The van der Waals surface area contributed by atoms with Gasteiger partial charge < -0.3 is 15.5 Å². The molecular weight excluding hydrogens is 352 g/mol. The van der Waals surface area contributed by atoms with Gasteiger partial charge in [-0.3, -0.25) is 14.4 Å². The van der Waals surface area contributed by atoms with Crippen molar-refractivity contribution in [3.05, 3.63) is 23.2 Å². The SMILES string of the molecule is CC(C)(C)c1nc2ccc(NC(=O)C(=O)N3CCNC(=O)CC3)cc2s1. The lowest BCUT2D eigenvalue weighted by Crippen LogP contribution is -2.41. The zero-order valence-corrected chi connectivity index (χ0v) is 15.9. The molecule has 0 aliphatic carbocycles. The van der Waals surface area contributed by atoms with Crippen LogP contribution in [-0.4, -0.2) is 47.2 Å². The Bertz CT molecular complexity index is 869. The van der Waals surface area contributed by atoms with Crippen molar-refractivity contribution in [1.29, 1.82) is 0 Å². The first-order chi connectivity index (χ1) is 12.2. The summed E-state index contributed by atoms with van der Waals surface area (Å²) in [6.07, 6.45) is 0.210. The van der Waals surface area contributed by atoms with Crippen molar-refractivity contribution in [3.8, 4) is 0 Å². The highest BCUT2D eigenvalue weighted by Gasteiger charge is 2.24. The smallest absolute Gasteiger partial charge is 0.313 e. The molecule has 8 heteroatoms. The number of benzene rings is 1. The molecule has 3 amide bonds. The maximum Gasteiger partial charge on any atom is 0.313 e. The molecule has 1 fully saturated rings. The van der Waals surface area contributed by atoms with Gasteiger partial charge in [0, 0.05) is 37.2 Å². The van der Waals surface area contributed by atoms with Crippen LogP contribution in [0.5, 0.6) is 0 Å². The lowest BCUT2D eigenvalue weighted by Gasteiger charge is -2.18. The number of hydrogen-bond donors (Lipinski definition) is 2. The summed E-state index contributed by atoms with van der Waals surface area (Å²) in [4.78, 5) is 42.0. The Morgan fingerprint density at radius 2 is 2.04 bits per heavy atom. The number of carbonyl (C=O) groups excluding carboxylic acids is 3. The van der Waals surface area contributed by atoms with E-state index < -0.39 is 11.8 Å². The molecule has 2 heterocycles. The number of aromatic nitrogens is 1. The van der Waals surface area contributed by atoms with Crippen LogP contribution < -0.4 is 10.6 Å². The molecule has 7 nitrogen and oxygen atoms in total. The van der Waals surface area contributed by atoms with Crippen molar-refractivity contribution in [2.45, 2.75) is 32.6 Å². The molecule has 2 aromatic rings. The van der Waals surface area contributed by atoms with E-state index >= 15 is 0 Å². The number of amides is 3. The van der Waals surface area contributed by atoms with Gasteiger partial charge >= 0.3 is 11.8 Å². The Labute approximate surface area is 155 Å². The Morgan fingerprint density at radius 1 is 1.27 bits per heavy atom. The molecule has 2 N–H and O–H groups in total. The van der Waals surface area contributed by atoms with Gasteiger partial charge in [0.1, 0.15) is 0 Å². The van der Waals surface area contributed by atoms with Gasteiger partial charge in [-0.05, 0) is 18.2 Å². The fraction of sp³-hybridized carbons (Fsp3) is 0.444. The molecule has 0 saturated carbocycles. The second-order valence-electron chi connectivity index (χ2n) is 7.30. The summed E-state index contributed by atoms with van der Waals surface area (Å²) in [5.74, 6) is -1.42. The second kappa shape index (κ2) is 7.03. The van der Waals surface area contributed by atoms with Gasteiger partial charge in [0.2, 0.25) is 5.91 Å². The highest BCUT2D eigenvalue weighted by Crippen LogP contribution is 2.32. The van der Waals surface area contributed by atoms with Crippen molar-refractivity contribution in [3.63, 3.8) is 0 Å². The van der Waals surface area contributed by atoms with Crippen molar-refractivity contribution < 1.29 is 14.4 Å². The van der Waals surface area contributed by atoms with Crippen LogP contribution in [-0.2, 0) is 19.8 Å². The molecule has 1 aromatic heterocycles. The van der Waals surface area contributed by atoms with Crippen molar-refractivity contribution >= 4 is 45.0 Å². The molecular formula is C18H22N4O3S. The molecule has 26 heavy (non-hydrogen) atoms. The first-order valence-electron chi connectivity index (χ1n) is 8.52. The second-order valence-corrected chi connectivity index (χ2v) is 8.33. The third-order valence-corrected chi connectivity index (χ3v) is 5.53. The third-order valence-electron chi connectivity index (χ3n) is 4.08. The number of nitrogens with one attached hydrogen (secondary N) is 2. The summed E-state index contributed by atoms with van der Waals surface area (Å²) in [5.41, 5.74) is 1.40. The number of fused-ring (bicyclic) bond motifs is 1. The lowest BCUT2D eigenvalue weighted by molar-refractivity contribution is -0.143. The monoisotopic (exact) mass is 374 g/mol. The van der Waals surface area contributed by atoms with Crippen molar-refractivity contribution in [1.82, 2.24) is 15.2 Å². The number of hydrogen-bond acceptors (Lipinski definition) is 5. The Kier molecular flexibility index (Phi) is 4.95. The first-order valence-corrected chi connectivity index (χ1v) is 9.34. The van der Waals surface area contributed by atoms with Crippen LogP contribution in [0, 0.1) is 0 Å². The van der Waals surface area contributed by atoms with E-state index in [4.69, 9.17) is 0 Å². The maximum absolute atomic E-state index is 12.3. The third kappa shape index (κ3) is 4.01. The average molecular weight is 374 g/mol. The van der Waals surface area contributed by atoms with E-state index in [-0.39, 0.29) is 24.3 Å². The molecule has 0 radical (unpaired) electrons. The van der Waals surface area contributed by atoms with Gasteiger partial charge in [-0.15, -0.1) is 11.3 Å². The molecule has 0 unspecified atom stereocenters. The average Bonchev–Trinajstić information content (AvgIpc) is 2.89. The summed E-state index contributed by atoms with van der Waals surface area (Å²) < 4.78 is 0.963. The molecule has 3 rings (SSSR count). The van der Waals surface area contributed by atoms with E-state index in [1.54, 1.807) is 17.4 Å². The summed E-state index contributed by atoms with van der Waals surface area (Å²) in [7, 11) is 0. The Balaban J connectivity index is 1.72. The first kappa shape index (κ1) is 18.3. The van der Waals surface area contributed by atoms with E-state index in [0.717, 1.165) is 15.2 Å². The Hall–Kier alpha value is -2.48. The quantitative estimate of drug-likeness (QED) is 0.746. The van der Waals surface area contributed by atoms with E-state index in [1.165, 1.54) is 4.90 Å². The zero-order valence-electron chi connectivity index (χ0n) is 15.1. The number of rotatable bonds is 1. The van der Waals surface area contributed by atoms with Crippen LogP contribution in [0.4, 0.5) is 5.69 Å².